The van der Waals surface area contributed by atoms with Gasteiger partial charge in [-0.3, -0.25) is 4.98 Å². The highest BCUT2D eigenvalue weighted by Gasteiger charge is 2.33. The van der Waals surface area contributed by atoms with Crippen molar-refractivity contribution < 1.29 is 13.2 Å². The first kappa shape index (κ1) is 19.1. The topological polar surface area (TPSA) is 76.7 Å². The molecule has 0 aliphatic carbocycles. The van der Waals surface area contributed by atoms with Crippen LogP contribution in [0.2, 0.25) is 0 Å². The van der Waals surface area contributed by atoms with Gasteiger partial charge in [0.15, 0.2) is 5.13 Å². The number of nitrogen functional groups attached to an aromatic ring is 1. The van der Waals surface area contributed by atoms with Crippen molar-refractivity contribution in [2.45, 2.75) is 12.6 Å². The quantitative estimate of drug-likeness (QED) is 0.479. The zero-order chi connectivity index (χ0) is 20.4. The van der Waals surface area contributed by atoms with E-state index < -0.39 is 11.9 Å². The van der Waals surface area contributed by atoms with E-state index in [1.807, 2.05) is 30.3 Å². The number of alkyl halides is 3. The Morgan fingerprint density at radius 1 is 1.03 bits per heavy atom. The van der Waals surface area contributed by atoms with E-state index in [1.54, 1.807) is 12.3 Å². The minimum Gasteiger partial charge on any atom is -0.375 e. The number of hydrogen-bond donors (Lipinski definition) is 2. The van der Waals surface area contributed by atoms with Gasteiger partial charge < -0.3 is 11.1 Å². The fraction of sp³-hybridized carbons (Fsp3) is 0.150. The van der Waals surface area contributed by atoms with Crippen molar-refractivity contribution in [1.82, 2.24) is 15.0 Å². The predicted octanol–water partition coefficient (Wildman–Crippen LogP) is 5.01. The Kier molecular flexibility index (Phi) is 5.06. The summed E-state index contributed by atoms with van der Waals surface area (Å²) in [6, 6.07) is 13.4. The minimum absolute atomic E-state index is 0.165. The van der Waals surface area contributed by atoms with Gasteiger partial charge in [-0.15, -0.1) is 0 Å². The zero-order valence-corrected chi connectivity index (χ0v) is 15.9. The van der Waals surface area contributed by atoms with Gasteiger partial charge in [0.05, 0.1) is 10.2 Å². The van der Waals surface area contributed by atoms with Gasteiger partial charge in [0.2, 0.25) is 0 Å². The van der Waals surface area contributed by atoms with Crippen LogP contribution < -0.4 is 11.1 Å². The molecule has 1 aromatic carbocycles. The molecule has 4 aromatic rings. The Bertz CT molecular complexity index is 1140. The highest BCUT2D eigenvalue weighted by Crippen LogP contribution is 2.35. The van der Waals surface area contributed by atoms with Crippen LogP contribution in [0.3, 0.4) is 0 Å². The van der Waals surface area contributed by atoms with Crippen LogP contribution in [0.5, 0.6) is 0 Å². The van der Waals surface area contributed by atoms with Crippen LogP contribution in [0.25, 0.3) is 21.3 Å². The number of nitrogens with two attached hydrogens (primary N) is 1. The lowest BCUT2D eigenvalue weighted by molar-refractivity contribution is -0.141. The lowest BCUT2D eigenvalue weighted by Gasteiger charge is -2.14. The van der Waals surface area contributed by atoms with Crippen LogP contribution in [-0.4, -0.2) is 21.5 Å². The van der Waals surface area contributed by atoms with Crippen molar-refractivity contribution in [1.29, 1.82) is 0 Å². The Labute approximate surface area is 168 Å². The van der Waals surface area contributed by atoms with E-state index in [1.165, 1.54) is 17.4 Å². The summed E-state index contributed by atoms with van der Waals surface area (Å²) in [6.45, 7) is 0.393. The van der Waals surface area contributed by atoms with Gasteiger partial charge in [0, 0.05) is 30.4 Å². The van der Waals surface area contributed by atoms with E-state index in [-0.39, 0.29) is 5.82 Å². The maximum atomic E-state index is 13.2. The lowest BCUT2D eigenvalue weighted by Crippen LogP contribution is -2.13. The van der Waals surface area contributed by atoms with Crippen LogP contribution in [0.1, 0.15) is 11.4 Å². The van der Waals surface area contributed by atoms with Crippen LogP contribution in [0.4, 0.5) is 24.1 Å². The van der Waals surface area contributed by atoms with Crippen molar-refractivity contribution in [3.05, 3.63) is 66.1 Å². The molecule has 5 nitrogen and oxygen atoms in total. The number of rotatable bonds is 5. The molecule has 0 saturated heterocycles. The van der Waals surface area contributed by atoms with Crippen LogP contribution in [0.15, 0.2) is 54.7 Å². The van der Waals surface area contributed by atoms with Gasteiger partial charge >= 0.3 is 6.18 Å². The third-order valence-electron chi connectivity index (χ3n) is 4.30. The monoisotopic (exact) mass is 415 g/mol. The molecule has 0 spiro atoms. The number of halogens is 3. The molecule has 3 heterocycles. The molecule has 29 heavy (non-hydrogen) atoms. The first-order valence-electron chi connectivity index (χ1n) is 8.78. The molecule has 0 aliphatic rings. The molecular weight excluding hydrogens is 399 g/mol. The largest absolute Gasteiger partial charge is 0.433 e. The van der Waals surface area contributed by atoms with Crippen molar-refractivity contribution >= 4 is 32.5 Å². The summed E-state index contributed by atoms with van der Waals surface area (Å²) in [7, 11) is 0. The molecule has 0 amide bonds. The summed E-state index contributed by atoms with van der Waals surface area (Å²) in [6.07, 6.45) is -2.29. The first-order valence-corrected chi connectivity index (χ1v) is 9.60. The van der Waals surface area contributed by atoms with E-state index in [2.05, 4.69) is 20.3 Å². The van der Waals surface area contributed by atoms with Gasteiger partial charge in [-0.1, -0.05) is 23.5 Å². The molecule has 0 aliphatic heterocycles. The fourth-order valence-electron chi connectivity index (χ4n) is 2.95. The Morgan fingerprint density at radius 2 is 1.90 bits per heavy atom. The number of thiazole rings is 1. The van der Waals surface area contributed by atoms with Gasteiger partial charge in [-0.2, -0.15) is 13.2 Å². The summed E-state index contributed by atoms with van der Waals surface area (Å²) in [4.78, 5) is 12.3. The molecule has 0 unspecified atom stereocenters. The zero-order valence-electron chi connectivity index (χ0n) is 15.1. The smallest absolute Gasteiger partial charge is 0.375 e. The molecule has 9 heteroatoms. The van der Waals surface area contributed by atoms with Crippen molar-refractivity contribution in [2.75, 3.05) is 17.6 Å². The number of nitrogens with zero attached hydrogens (tertiary/aromatic N) is 3. The maximum Gasteiger partial charge on any atom is 0.433 e. The van der Waals surface area contributed by atoms with E-state index in [0.717, 1.165) is 16.5 Å². The second kappa shape index (κ2) is 7.67. The number of benzene rings is 1. The van der Waals surface area contributed by atoms with Crippen LogP contribution in [0, 0.1) is 0 Å². The van der Waals surface area contributed by atoms with E-state index >= 15 is 0 Å². The standard InChI is InChI=1S/C20H16F3N5S/c21-20(22,23)17-7-5-14(12-4-6-16-15(11-12)27-19(24)29-16)18(28-17)26-10-8-13-3-1-2-9-25-13/h1-7,9,11H,8,10H2,(H2,24,27)(H,26,28). The Balaban J connectivity index is 1.67. The number of anilines is 2. The van der Waals surface area contributed by atoms with Crippen LogP contribution in [-0.2, 0) is 12.6 Å². The molecular formula is C20H16F3N5S. The van der Waals surface area contributed by atoms with Gasteiger partial charge in [-0.25, -0.2) is 9.97 Å². The number of hydrogen-bond acceptors (Lipinski definition) is 6. The average molecular weight is 415 g/mol. The molecule has 148 valence electrons. The molecule has 3 N–H and O–H groups in total. The second-order valence-electron chi connectivity index (χ2n) is 6.32. The Morgan fingerprint density at radius 3 is 2.66 bits per heavy atom. The lowest BCUT2D eigenvalue weighted by atomic mass is 10.1. The summed E-state index contributed by atoms with van der Waals surface area (Å²) >= 11 is 1.36. The predicted molar refractivity (Wildman–Crippen MR) is 109 cm³/mol. The van der Waals surface area contributed by atoms with E-state index in [0.29, 0.717) is 34.7 Å². The summed E-state index contributed by atoms with van der Waals surface area (Å²) in [5.74, 6) is 0.165. The Hall–Kier alpha value is -3.20. The average Bonchev–Trinajstić information content (AvgIpc) is 3.07. The number of aromatic nitrogens is 3. The molecule has 0 bridgehead atoms. The summed E-state index contributed by atoms with van der Waals surface area (Å²) in [5.41, 5.74) is 7.62. The molecule has 0 saturated carbocycles. The van der Waals surface area contributed by atoms with E-state index in [9.17, 15) is 13.2 Å². The van der Waals surface area contributed by atoms with Crippen molar-refractivity contribution in [2.24, 2.45) is 0 Å². The second-order valence-corrected chi connectivity index (χ2v) is 7.39. The van der Waals surface area contributed by atoms with Gasteiger partial charge in [0.25, 0.3) is 0 Å². The molecule has 3 aromatic heterocycles. The number of pyridine rings is 2. The fourth-order valence-corrected chi connectivity index (χ4v) is 3.67. The molecule has 0 atom stereocenters. The number of nitrogens with one attached hydrogen (secondary N) is 1. The van der Waals surface area contributed by atoms with Gasteiger partial charge in [-0.05, 0) is 42.0 Å². The molecule has 4 rings (SSSR count). The van der Waals surface area contributed by atoms with Crippen LogP contribution >= 0.6 is 11.3 Å². The van der Waals surface area contributed by atoms with E-state index in [4.69, 9.17) is 5.73 Å². The SMILES string of the molecule is Nc1nc2cc(-c3ccc(C(F)(F)F)nc3NCCc3ccccn3)ccc2s1. The van der Waals surface area contributed by atoms with Crippen molar-refractivity contribution in [3.8, 4) is 11.1 Å². The maximum absolute atomic E-state index is 13.2. The summed E-state index contributed by atoms with van der Waals surface area (Å²) < 4.78 is 40.4. The van der Waals surface area contributed by atoms with Gasteiger partial charge in [0.1, 0.15) is 11.5 Å². The third-order valence-corrected chi connectivity index (χ3v) is 5.17. The summed E-state index contributed by atoms with van der Waals surface area (Å²) in [5, 5.41) is 3.47. The number of fused-ring (bicyclic) bond motifs is 1. The molecule has 0 radical (unpaired) electrons. The van der Waals surface area contributed by atoms with Crippen molar-refractivity contribution in [3.63, 3.8) is 0 Å². The normalized spacial score (nSPS) is 11.7. The highest BCUT2D eigenvalue weighted by molar-refractivity contribution is 7.22. The third kappa shape index (κ3) is 4.29. The molecule has 0 fully saturated rings. The highest BCUT2D eigenvalue weighted by atomic mass is 32.1. The first-order chi connectivity index (χ1) is 13.9. The minimum atomic E-state index is -4.52.